The lowest BCUT2D eigenvalue weighted by Crippen LogP contribution is -2.16. The van der Waals surface area contributed by atoms with E-state index in [0.717, 1.165) is 18.6 Å². The second-order valence-electron chi connectivity index (χ2n) is 4.75. The first-order valence-electron chi connectivity index (χ1n) is 6.25. The number of rotatable bonds is 1. The maximum atomic E-state index is 12.7. The van der Waals surface area contributed by atoms with E-state index in [0.29, 0.717) is 24.4 Å². The van der Waals surface area contributed by atoms with Crippen molar-refractivity contribution in [2.75, 3.05) is 0 Å². The molecular weight excluding hydrogens is 271 g/mol. The van der Waals surface area contributed by atoms with Crippen molar-refractivity contribution in [2.45, 2.75) is 31.7 Å². The Bertz CT molecular complexity index is 636. The van der Waals surface area contributed by atoms with Gasteiger partial charge < -0.3 is 5.11 Å². The second-order valence-corrected chi connectivity index (χ2v) is 4.75. The number of alkyl halides is 3. The quantitative estimate of drug-likeness (QED) is 0.875. The minimum atomic E-state index is -4.39. The van der Waals surface area contributed by atoms with E-state index in [1.54, 1.807) is 4.68 Å². The number of hydrogen-bond donors (Lipinski definition) is 1. The van der Waals surface area contributed by atoms with Crippen LogP contribution in [0.25, 0.3) is 11.4 Å². The fraction of sp³-hybridized carbons (Fsp3) is 0.385. The van der Waals surface area contributed by atoms with Gasteiger partial charge in [0.1, 0.15) is 6.10 Å². The summed E-state index contributed by atoms with van der Waals surface area (Å²) in [5.74, 6) is 0.635. The molecule has 0 amide bonds. The van der Waals surface area contributed by atoms with Gasteiger partial charge >= 0.3 is 6.18 Å². The van der Waals surface area contributed by atoms with E-state index in [1.165, 1.54) is 12.1 Å². The summed E-state index contributed by atoms with van der Waals surface area (Å²) in [6.07, 6.45) is -3.72. The molecule has 0 radical (unpaired) electrons. The highest BCUT2D eigenvalue weighted by Crippen LogP contribution is 2.32. The number of aliphatic hydroxyl groups excluding tert-OH is 1. The Morgan fingerprint density at radius 1 is 1.30 bits per heavy atom. The van der Waals surface area contributed by atoms with Gasteiger partial charge in [-0.3, -0.25) is 0 Å². The van der Waals surface area contributed by atoms with Crippen LogP contribution in [0.3, 0.4) is 0 Å². The van der Waals surface area contributed by atoms with E-state index >= 15 is 0 Å². The molecule has 1 atom stereocenters. The number of aromatic nitrogens is 3. The van der Waals surface area contributed by atoms with Crippen molar-refractivity contribution in [3.63, 3.8) is 0 Å². The topological polar surface area (TPSA) is 50.9 Å². The maximum absolute atomic E-state index is 12.7. The first-order chi connectivity index (χ1) is 9.45. The molecule has 106 valence electrons. The Morgan fingerprint density at radius 2 is 2.10 bits per heavy atom. The molecule has 1 unspecified atom stereocenters. The van der Waals surface area contributed by atoms with Gasteiger partial charge in [-0.1, -0.05) is 12.1 Å². The Balaban J connectivity index is 2.02. The van der Waals surface area contributed by atoms with Crippen molar-refractivity contribution >= 4 is 0 Å². The van der Waals surface area contributed by atoms with E-state index in [4.69, 9.17) is 0 Å². The summed E-state index contributed by atoms with van der Waals surface area (Å²) in [4.78, 5) is 4.16. The first-order valence-corrected chi connectivity index (χ1v) is 6.25. The van der Waals surface area contributed by atoms with Gasteiger partial charge in [0.05, 0.1) is 5.56 Å². The first kappa shape index (κ1) is 13.1. The Morgan fingerprint density at radius 3 is 2.80 bits per heavy atom. The molecule has 3 rings (SSSR count). The largest absolute Gasteiger partial charge is 0.416 e. The van der Waals surface area contributed by atoms with Gasteiger partial charge in [0.15, 0.2) is 11.6 Å². The standard InChI is InChI=1S/C13H12F3N3O/c14-13(15,16)9-4-1-3-8(7-9)11-17-12-10(20)5-2-6-19(12)18-11/h1,3-4,7,10,20H,2,5-6H2. The summed E-state index contributed by atoms with van der Waals surface area (Å²) >= 11 is 0. The van der Waals surface area contributed by atoms with E-state index in [2.05, 4.69) is 10.1 Å². The number of aliphatic hydroxyl groups is 1. The summed E-state index contributed by atoms with van der Waals surface area (Å²) in [6, 6.07) is 4.89. The van der Waals surface area contributed by atoms with Crippen LogP contribution in [0.2, 0.25) is 0 Å². The Kier molecular flexibility index (Phi) is 3.01. The van der Waals surface area contributed by atoms with Crippen molar-refractivity contribution in [3.05, 3.63) is 35.7 Å². The molecule has 1 N–H and O–H groups in total. The molecule has 7 heteroatoms. The molecule has 1 aliphatic heterocycles. The fourth-order valence-electron chi connectivity index (χ4n) is 2.29. The van der Waals surface area contributed by atoms with Gasteiger partial charge in [-0.2, -0.15) is 18.3 Å². The maximum Gasteiger partial charge on any atom is 0.416 e. The molecule has 0 aliphatic carbocycles. The third-order valence-electron chi connectivity index (χ3n) is 3.29. The van der Waals surface area contributed by atoms with Crippen molar-refractivity contribution in [2.24, 2.45) is 0 Å². The predicted molar refractivity (Wildman–Crippen MR) is 64.7 cm³/mol. The average molecular weight is 283 g/mol. The minimum absolute atomic E-state index is 0.215. The number of aryl methyl sites for hydroxylation is 1. The minimum Gasteiger partial charge on any atom is -0.385 e. The Hall–Kier alpha value is -1.89. The summed E-state index contributed by atoms with van der Waals surface area (Å²) < 4.78 is 39.6. The van der Waals surface area contributed by atoms with Gasteiger partial charge in [0.2, 0.25) is 0 Å². The van der Waals surface area contributed by atoms with E-state index < -0.39 is 17.8 Å². The van der Waals surface area contributed by atoms with Crippen LogP contribution in [0, 0.1) is 0 Å². The van der Waals surface area contributed by atoms with Crippen molar-refractivity contribution in [1.82, 2.24) is 14.8 Å². The predicted octanol–water partition coefficient (Wildman–Crippen LogP) is 2.79. The third kappa shape index (κ3) is 2.29. The van der Waals surface area contributed by atoms with Crippen molar-refractivity contribution in [1.29, 1.82) is 0 Å². The number of hydrogen-bond acceptors (Lipinski definition) is 3. The van der Waals surface area contributed by atoms with Crippen LogP contribution < -0.4 is 0 Å². The molecule has 1 aromatic carbocycles. The molecule has 20 heavy (non-hydrogen) atoms. The van der Waals surface area contributed by atoms with E-state index in [1.807, 2.05) is 0 Å². The normalized spacial score (nSPS) is 18.9. The van der Waals surface area contributed by atoms with Crippen LogP contribution in [0.4, 0.5) is 13.2 Å². The molecular formula is C13H12F3N3O. The van der Waals surface area contributed by atoms with Crippen LogP contribution in [0.1, 0.15) is 30.3 Å². The molecule has 0 bridgehead atoms. The molecule has 2 aromatic rings. The SMILES string of the molecule is OC1CCCn2nc(-c3cccc(C(F)(F)F)c3)nc21. The lowest BCUT2D eigenvalue weighted by Gasteiger charge is -2.16. The molecule has 0 spiro atoms. The summed E-state index contributed by atoms with van der Waals surface area (Å²) in [7, 11) is 0. The van der Waals surface area contributed by atoms with Gasteiger partial charge in [0, 0.05) is 12.1 Å². The van der Waals surface area contributed by atoms with Gasteiger partial charge in [-0.25, -0.2) is 9.67 Å². The highest BCUT2D eigenvalue weighted by molar-refractivity contribution is 5.56. The van der Waals surface area contributed by atoms with Crippen LogP contribution in [-0.2, 0) is 12.7 Å². The molecule has 0 saturated heterocycles. The van der Waals surface area contributed by atoms with E-state index in [9.17, 15) is 18.3 Å². The average Bonchev–Trinajstić information content (AvgIpc) is 2.83. The smallest absolute Gasteiger partial charge is 0.385 e. The molecule has 1 aliphatic rings. The van der Waals surface area contributed by atoms with Crippen LogP contribution in [-0.4, -0.2) is 19.9 Å². The van der Waals surface area contributed by atoms with Crippen LogP contribution >= 0.6 is 0 Å². The molecule has 4 nitrogen and oxygen atoms in total. The zero-order valence-electron chi connectivity index (χ0n) is 10.4. The summed E-state index contributed by atoms with van der Waals surface area (Å²) in [5.41, 5.74) is -0.433. The molecule has 0 saturated carbocycles. The van der Waals surface area contributed by atoms with Gasteiger partial charge in [-0.05, 0) is 25.0 Å². The number of halogens is 3. The summed E-state index contributed by atoms with van der Waals surface area (Å²) in [5, 5.41) is 14.0. The molecule has 2 heterocycles. The third-order valence-corrected chi connectivity index (χ3v) is 3.29. The lowest BCUT2D eigenvalue weighted by atomic mass is 10.1. The number of fused-ring (bicyclic) bond motifs is 1. The van der Waals surface area contributed by atoms with Crippen molar-refractivity contribution < 1.29 is 18.3 Å². The van der Waals surface area contributed by atoms with E-state index in [-0.39, 0.29) is 5.82 Å². The zero-order valence-corrected chi connectivity index (χ0v) is 10.4. The fourth-order valence-corrected chi connectivity index (χ4v) is 2.29. The number of benzene rings is 1. The second kappa shape index (κ2) is 4.59. The summed E-state index contributed by atoms with van der Waals surface area (Å²) in [6.45, 7) is 0.623. The Labute approximate surface area is 112 Å². The molecule has 0 fully saturated rings. The van der Waals surface area contributed by atoms with Gasteiger partial charge in [-0.15, -0.1) is 0 Å². The number of nitrogens with zero attached hydrogens (tertiary/aromatic N) is 3. The molecule has 1 aromatic heterocycles. The van der Waals surface area contributed by atoms with Gasteiger partial charge in [0.25, 0.3) is 0 Å². The zero-order chi connectivity index (χ0) is 14.3. The van der Waals surface area contributed by atoms with Crippen LogP contribution in [0.15, 0.2) is 24.3 Å². The highest BCUT2D eigenvalue weighted by Gasteiger charge is 2.31. The lowest BCUT2D eigenvalue weighted by molar-refractivity contribution is -0.137. The highest BCUT2D eigenvalue weighted by atomic mass is 19.4. The van der Waals surface area contributed by atoms with Crippen LogP contribution in [0.5, 0.6) is 0 Å². The van der Waals surface area contributed by atoms with Crippen molar-refractivity contribution in [3.8, 4) is 11.4 Å². The monoisotopic (exact) mass is 283 g/mol.